The minimum atomic E-state index is -0.452. The number of aromatic nitrogens is 2. The van der Waals surface area contributed by atoms with E-state index in [2.05, 4.69) is 27.3 Å². The highest BCUT2D eigenvalue weighted by molar-refractivity contribution is 6.02. The van der Waals surface area contributed by atoms with Gasteiger partial charge >= 0.3 is 5.97 Å². The minimum absolute atomic E-state index is 0.220. The number of oxime groups is 1. The zero-order valence-electron chi connectivity index (χ0n) is 12.2. The van der Waals surface area contributed by atoms with Crippen molar-refractivity contribution in [2.75, 3.05) is 5.73 Å². The van der Waals surface area contributed by atoms with Crippen LogP contribution >= 0.6 is 0 Å². The van der Waals surface area contributed by atoms with E-state index in [0.717, 1.165) is 17.7 Å². The first-order valence-electron chi connectivity index (χ1n) is 7.04. The zero-order valence-corrected chi connectivity index (χ0v) is 12.2. The van der Waals surface area contributed by atoms with Gasteiger partial charge in [-0.05, 0) is 17.9 Å². The summed E-state index contributed by atoms with van der Waals surface area (Å²) in [7, 11) is 0. The first kappa shape index (κ1) is 14.2. The molecule has 0 spiro atoms. The van der Waals surface area contributed by atoms with Crippen molar-refractivity contribution in [3.8, 4) is 0 Å². The summed E-state index contributed by atoms with van der Waals surface area (Å²) in [5, 5.41) is 3.98. The number of carbonyl (C=O) groups excluding carboxylic acids is 1. The second kappa shape index (κ2) is 5.93. The van der Waals surface area contributed by atoms with Crippen molar-refractivity contribution in [2.45, 2.75) is 25.7 Å². The van der Waals surface area contributed by atoms with Crippen molar-refractivity contribution in [3.05, 3.63) is 53.3 Å². The van der Waals surface area contributed by atoms with Crippen LogP contribution in [0.1, 0.15) is 36.1 Å². The van der Waals surface area contributed by atoms with Crippen molar-refractivity contribution in [3.63, 3.8) is 0 Å². The zero-order chi connectivity index (χ0) is 15.5. The molecule has 1 aromatic carbocycles. The Bertz CT molecular complexity index is 728. The number of fused-ring (bicyclic) bond motifs is 1. The second-order valence-electron chi connectivity index (χ2n) is 5.23. The monoisotopic (exact) mass is 296 g/mol. The van der Waals surface area contributed by atoms with Crippen molar-refractivity contribution in [2.24, 2.45) is 5.16 Å². The average molecular weight is 296 g/mol. The smallest absolute Gasteiger partial charge is 0.331 e. The van der Waals surface area contributed by atoms with E-state index in [1.165, 1.54) is 12.5 Å². The van der Waals surface area contributed by atoms with Crippen LogP contribution in [0.25, 0.3) is 0 Å². The van der Waals surface area contributed by atoms with Crippen LogP contribution in [-0.2, 0) is 16.1 Å². The molecule has 1 aliphatic rings. The summed E-state index contributed by atoms with van der Waals surface area (Å²) in [4.78, 5) is 24.2. The largest absolute Gasteiger partial charge is 0.368 e. The number of anilines is 1. The van der Waals surface area contributed by atoms with Crippen LogP contribution in [0.5, 0.6) is 0 Å². The topological polar surface area (TPSA) is 90.5 Å². The number of hydrogen-bond acceptors (Lipinski definition) is 6. The van der Waals surface area contributed by atoms with E-state index < -0.39 is 5.97 Å². The van der Waals surface area contributed by atoms with Gasteiger partial charge in [0.2, 0.25) is 5.95 Å². The lowest BCUT2D eigenvalue weighted by Crippen LogP contribution is -2.22. The predicted molar refractivity (Wildman–Crippen MR) is 82.3 cm³/mol. The van der Waals surface area contributed by atoms with Gasteiger partial charge in [-0.25, -0.2) is 14.8 Å². The lowest BCUT2D eigenvalue weighted by atomic mass is 9.82. The maximum absolute atomic E-state index is 11.0. The molecule has 2 N–H and O–H groups in total. The molecule has 0 saturated carbocycles. The van der Waals surface area contributed by atoms with Crippen LogP contribution in [0, 0.1) is 0 Å². The van der Waals surface area contributed by atoms with Gasteiger partial charge in [0.15, 0.2) is 0 Å². The molecule has 1 atom stereocenters. The molecule has 2 aromatic rings. The van der Waals surface area contributed by atoms with Crippen LogP contribution in [0.15, 0.2) is 41.7 Å². The normalized spacial score (nSPS) is 18.8. The van der Waals surface area contributed by atoms with E-state index in [4.69, 9.17) is 10.6 Å². The van der Waals surface area contributed by atoms with Crippen LogP contribution in [-0.4, -0.2) is 21.6 Å². The molecule has 6 heteroatoms. The number of carbonyl (C=O) groups is 1. The number of hydrogen-bond donors (Lipinski definition) is 1. The maximum Gasteiger partial charge on any atom is 0.331 e. The number of rotatable bonds is 2. The van der Waals surface area contributed by atoms with E-state index in [1.54, 1.807) is 6.20 Å². The van der Waals surface area contributed by atoms with Crippen LogP contribution in [0.4, 0.5) is 5.95 Å². The van der Waals surface area contributed by atoms with Crippen LogP contribution < -0.4 is 5.73 Å². The van der Waals surface area contributed by atoms with E-state index >= 15 is 0 Å². The number of benzene rings is 1. The Balaban J connectivity index is 2.00. The Labute approximate surface area is 128 Å². The van der Waals surface area contributed by atoms with E-state index in [0.29, 0.717) is 12.1 Å². The molecule has 1 aromatic heterocycles. The molecule has 3 rings (SSSR count). The van der Waals surface area contributed by atoms with Gasteiger partial charge in [0.05, 0.1) is 11.4 Å². The molecule has 6 nitrogen and oxygen atoms in total. The maximum atomic E-state index is 11.0. The molecule has 0 saturated heterocycles. The van der Waals surface area contributed by atoms with Crippen LogP contribution in [0.3, 0.4) is 0 Å². The third kappa shape index (κ3) is 2.95. The molecule has 112 valence electrons. The quantitative estimate of drug-likeness (QED) is 0.676. The van der Waals surface area contributed by atoms with Gasteiger partial charge in [0.1, 0.15) is 0 Å². The van der Waals surface area contributed by atoms with Gasteiger partial charge in [-0.2, -0.15) is 0 Å². The molecule has 1 unspecified atom stereocenters. The summed E-state index contributed by atoms with van der Waals surface area (Å²) < 4.78 is 0. The summed E-state index contributed by atoms with van der Waals surface area (Å²) in [6, 6.07) is 10.1. The summed E-state index contributed by atoms with van der Waals surface area (Å²) in [6.45, 7) is 1.32. The van der Waals surface area contributed by atoms with Crippen molar-refractivity contribution in [1.82, 2.24) is 9.97 Å². The summed E-state index contributed by atoms with van der Waals surface area (Å²) in [5.74, 6) is 0.00357. The molecule has 1 heterocycles. The fourth-order valence-corrected chi connectivity index (χ4v) is 2.64. The summed E-state index contributed by atoms with van der Waals surface area (Å²) in [6.07, 6.45) is 3.06. The number of nitrogens with zero attached hydrogens (tertiary/aromatic N) is 3. The van der Waals surface area contributed by atoms with E-state index in [1.807, 2.05) is 18.2 Å². The standard InChI is InChI=1S/C16H16N4O2/c1-10(21)22-20-15-8-12(11-5-3-2-4-6-11)7-14-13(15)9-18-16(17)19-14/h2-6,9,12H,7-8H2,1H3,(H2,17,18,19)/b20-15+. The van der Waals surface area contributed by atoms with Gasteiger partial charge in [-0.15, -0.1) is 0 Å². The van der Waals surface area contributed by atoms with Crippen molar-refractivity contribution >= 4 is 17.6 Å². The Morgan fingerprint density at radius 1 is 1.32 bits per heavy atom. The molecular weight excluding hydrogens is 280 g/mol. The fraction of sp³-hybridized carbons (Fsp3) is 0.250. The van der Waals surface area contributed by atoms with Crippen molar-refractivity contribution < 1.29 is 9.63 Å². The number of nitrogens with two attached hydrogens (primary N) is 1. The Kier molecular flexibility index (Phi) is 3.82. The number of nitrogen functional groups attached to an aromatic ring is 1. The molecule has 0 aliphatic heterocycles. The highest BCUT2D eigenvalue weighted by Crippen LogP contribution is 2.32. The molecule has 0 bridgehead atoms. The van der Waals surface area contributed by atoms with Gasteiger partial charge in [-0.1, -0.05) is 35.5 Å². The van der Waals surface area contributed by atoms with Gasteiger partial charge in [-0.3, -0.25) is 0 Å². The second-order valence-corrected chi connectivity index (χ2v) is 5.23. The fourth-order valence-electron chi connectivity index (χ4n) is 2.64. The van der Waals surface area contributed by atoms with Gasteiger partial charge < -0.3 is 10.6 Å². The molecule has 0 radical (unpaired) electrons. The average Bonchev–Trinajstić information content (AvgIpc) is 2.52. The third-order valence-electron chi connectivity index (χ3n) is 3.63. The van der Waals surface area contributed by atoms with Crippen LogP contribution in [0.2, 0.25) is 0 Å². The Hall–Kier alpha value is -2.76. The molecule has 0 fully saturated rings. The van der Waals surface area contributed by atoms with E-state index in [-0.39, 0.29) is 11.9 Å². The molecular formula is C16H16N4O2. The lowest BCUT2D eigenvalue weighted by molar-refractivity contribution is -0.140. The molecule has 1 aliphatic carbocycles. The Morgan fingerprint density at radius 3 is 2.82 bits per heavy atom. The van der Waals surface area contributed by atoms with Gasteiger partial charge in [0, 0.05) is 25.1 Å². The lowest BCUT2D eigenvalue weighted by Gasteiger charge is -2.24. The summed E-state index contributed by atoms with van der Waals surface area (Å²) >= 11 is 0. The predicted octanol–water partition coefficient (Wildman–Crippen LogP) is 2.06. The molecule has 0 amide bonds. The van der Waals surface area contributed by atoms with E-state index in [9.17, 15) is 4.79 Å². The first-order valence-corrected chi connectivity index (χ1v) is 7.04. The van der Waals surface area contributed by atoms with Gasteiger partial charge in [0.25, 0.3) is 0 Å². The first-order chi connectivity index (χ1) is 10.6. The minimum Gasteiger partial charge on any atom is -0.368 e. The summed E-state index contributed by atoms with van der Waals surface area (Å²) in [5.41, 5.74) is 9.18. The third-order valence-corrected chi connectivity index (χ3v) is 3.63. The van der Waals surface area contributed by atoms with Crippen molar-refractivity contribution in [1.29, 1.82) is 0 Å². The SMILES string of the molecule is CC(=O)O/N=C1\CC(c2ccccc2)Cc2nc(N)ncc21. The highest BCUT2D eigenvalue weighted by atomic mass is 16.7. The Morgan fingerprint density at radius 2 is 2.09 bits per heavy atom. The molecule has 22 heavy (non-hydrogen) atoms. The highest BCUT2D eigenvalue weighted by Gasteiger charge is 2.27.